The second kappa shape index (κ2) is 5.46. The molecule has 2 aromatic heterocycles. The van der Waals surface area contributed by atoms with Crippen molar-refractivity contribution in [2.45, 2.75) is 32.2 Å². The van der Waals surface area contributed by atoms with Gasteiger partial charge in [-0.2, -0.15) is 5.10 Å². The first kappa shape index (κ1) is 14.9. The standard InChI is InChI=1S/C10H15N5O3S2/c1-6-9(7(2)15(13-6)4-5-16)20(17,18)14-10-12-11-8(3)19-10/h16H,4-5H2,1-3H3,(H,12,14). The lowest BCUT2D eigenvalue weighted by Crippen LogP contribution is -2.15. The Balaban J connectivity index is 2.39. The van der Waals surface area contributed by atoms with E-state index in [1.54, 1.807) is 20.8 Å². The summed E-state index contributed by atoms with van der Waals surface area (Å²) < 4.78 is 28.6. The molecular formula is C10H15N5O3S2. The molecule has 0 aromatic carbocycles. The largest absolute Gasteiger partial charge is 0.394 e. The lowest BCUT2D eigenvalue weighted by Gasteiger charge is -2.05. The molecule has 0 spiro atoms. The van der Waals surface area contributed by atoms with E-state index in [2.05, 4.69) is 20.0 Å². The minimum atomic E-state index is -3.77. The lowest BCUT2D eigenvalue weighted by molar-refractivity contribution is 0.267. The molecule has 110 valence electrons. The van der Waals surface area contributed by atoms with E-state index < -0.39 is 10.0 Å². The van der Waals surface area contributed by atoms with Crippen LogP contribution in [0.15, 0.2) is 4.90 Å². The molecule has 0 saturated heterocycles. The molecule has 0 fully saturated rings. The van der Waals surface area contributed by atoms with E-state index in [1.807, 2.05) is 0 Å². The molecule has 20 heavy (non-hydrogen) atoms. The number of hydrogen-bond donors (Lipinski definition) is 2. The Labute approximate surface area is 120 Å². The van der Waals surface area contributed by atoms with Crippen LogP contribution >= 0.6 is 11.3 Å². The summed E-state index contributed by atoms with van der Waals surface area (Å²) in [5.41, 5.74) is 0.856. The zero-order valence-electron chi connectivity index (χ0n) is 11.3. The van der Waals surface area contributed by atoms with Gasteiger partial charge in [0.25, 0.3) is 10.0 Å². The highest BCUT2D eigenvalue weighted by atomic mass is 32.2. The van der Waals surface area contributed by atoms with Crippen LogP contribution in [0.2, 0.25) is 0 Å². The van der Waals surface area contributed by atoms with Gasteiger partial charge in [-0.3, -0.25) is 9.40 Å². The van der Waals surface area contributed by atoms with Gasteiger partial charge in [-0.1, -0.05) is 11.3 Å². The Hall–Kier alpha value is -1.52. The molecule has 2 heterocycles. The number of nitrogens with zero attached hydrogens (tertiary/aromatic N) is 4. The van der Waals surface area contributed by atoms with Crippen molar-refractivity contribution in [3.63, 3.8) is 0 Å². The topological polar surface area (TPSA) is 110 Å². The van der Waals surface area contributed by atoms with Crippen LogP contribution in [0.4, 0.5) is 5.13 Å². The third-order valence-electron chi connectivity index (χ3n) is 2.64. The Morgan fingerprint density at radius 3 is 2.55 bits per heavy atom. The Morgan fingerprint density at radius 1 is 1.30 bits per heavy atom. The van der Waals surface area contributed by atoms with Crippen LogP contribution in [0, 0.1) is 20.8 Å². The summed E-state index contributed by atoms with van der Waals surface area (Å²) in [4.78, 5) is 0.110. The second-order valence-electron chi connectivity index (χ2n) is 4.18. The molecule has 0 radical (unpaired) electrons. The average Bonchev–Trinajstić information content (AvgIpc) is 2.84. The molecular weight excluding hydrogens is 302 g/mol. The van der Waals surface area contributed by atoms with Crippen LogP contribution in [0.1, 0.15) is 16.4 Å². The summed E-state index contributed by atoms with van der Waals surface area (Å²) in [7, 11) is -3.77. The maximum absolute atomic E-state index is 12.4. The quantitative estimate of drug-likeness (QED) is 0.828. The van der Waals surface area contributed by atoms with Crippen molar-refractivity contribution < 1.29 is 13.5 Å². The predicted octanol–water partition coefficient (Wildman–Crippen LogP) is 0.453. The van der Waals surface area contributed by atoms with Crippen molar-refractivity contribution in [2.24, 2.45) is 0 Å². The van der Waals surface area contributed by atoms with Gasteiger partial charge in [0.1, 0.15) is 9.90 Å². The zero-order chi connectivity index (χ0) is 14.9. The van der Waals surface area contributed by atoms with E-state index in [0.717, 1.165) is 11.3 Å². The number of nitrogens with one attached hydrogen (secondary N) is 1. The normalized spacial score (nSPS) is 11.8. The smallest absolute Gasteiger partial charge is 0.267 e. The van der Waals surface area contributed by atoms with Crippen LogP contribution in [0.5, 0.6) is 0 Å². The van der Waals surface area contributed by atoms with Crippen molar-refractivity contribution in [2.75, 3.05) is 11.3 Å². The van der Waals surface area contributed by atoms with Crippen LogP contribution < -0.4 is 4.72 Å². The number of aliphatic hydroxyl groups is 1. The summed E-state index contributed by atoms with van der Waals surface area (Å²) >= 11 is 1.16. The monoisotopic (exact) mass is 317 g/mol. The number of aliphatic hydroxyl groups excluding tert-OH is 1. The summed E-state index contributed by atoms with van der Waals surface area (Å²) in [6.45, 7) is 5.15. The average molecular weight is 317 g/mol. The first-order chi connectivity index (χ1) is 9.35. The summed E-state index contributed by atoms with van der Waals surface area (Å²) in [5, 5.41) is 21.5. The number of aryl methyl sites for hydroxylation is 2. The first-order valence-electron chi connectivity index (χ1n) is 5.83. The molecule has 10 heteroatoms. The number of rotatable bonds is 5. The number of sulfonamides is 1. The van der Waals surface area contributed by atoms with E-state index in [4.69, 9.17) is 5.11 Å². The van der Waals surface area contributed by atoms with Crippen LogP contribution in [0.25, 0.3) is 0 Å². The third-order valence-corrected chi connectivity index (χ3v) is 5.12. The molecule has 0 bridgehead atoms. The SMILES string of the molecule is Cc1nnc(NS(=O)(=O)c2c(C)nn(CCO)c2C)s1. The minimum absolute atomic E-state index is 0.107. The maximum atomic E-state index is 12.4. The van der Waals surface area contributed by atoms with Gasteiger partial charge in [0.15, 0.2) is 0 Å². The van der Waals surface area contributed by atoms with Crippen LogP contribution in [0.3, 0.4) is 0 Å². The molecule has 0 aliphatic carbocycles. The highest BCUT2D eigenvalue weighted by molar-refractivity contribution is 7.93. The second-order valence-corrected chi connectivity index (χ2v) is 6.98. The molecule has 0 atom stereocenters. The summed E-state index contributed by atoms with van der Waals surface area (Å²) in [6, 6.07) is 0. The van der Waals surface area contributed by atoms with Crippen molar-refractivity contribution in [3.05, 3.63) is 16.4 Å². The molecule has 0 aliphatic heterocycles. The first-order valence-corrected chi connectivity index (χ1v) is 8.13. The highest BCUT2D eigenvalue weighted by Gasteiger charge is 2.25. The van der Waals surface area contributed by atoms with Gasteiger partial charge in [-0.15, -0.1) is 10.2 Å². The fraction of sp³-hybridized carbons (Fsp3) is 0.500. The van der Waals surface area contributed by atoms with Gasteiger partial charge in [0.2, 0.25) is 5.13 Å². The van der Waals surface area contributed by atoms with Gasteiger partial charge in [0, 0.05) is 0 Å². The van der Waals surface area contributed by atoms with Gasteiger partial charge in [-0.05, 0) is 20.8 Å². The van der Waals surface area contributed by atoms with E-state index in [-0.39, 0.29) is 23.2 Å². The molecule has 2 rings (SSSR count). The van der Waals surface area contributed by atoms with Crippen molar-refractivity contribution in [1.82, 2.24) is 20.0 Å². The van der Waals surface area contributed by atoms with Crippen LogP contribution in [-0.4, -0.2) is 40.1 Å². The number of aromatic nitrogens is 4. The highest BCUT2D eigenvalue weighted by Crippen LogP contribution is 2.24. The fourth-order valence-electron chi connectivity index (χ4n) is 1.89. The van der Waals surface area contributed by atoms with Gasteiger partial charge >= 0.3 is 0 Å². The lowest BCUT2D eigenvalue weighted by atomic mass is 10.4. The van der Waals surface area contributed by atoms with Crippen molar-refractivity contribution in [1.29, 1.82) is 0 Å². The summed E-state index contributed by atoms with van der Waals surface area (Å²) in [6.07, 6.45) is 0. The van der Waals surface area contributed by atoms with Crippen LogP contribution in [-0.2, 0) is 16.6 Å². The number of anilines is 1. The predicted molar refractivity (Wildman–Crippen MR) is 74.2 cm³/mol. The molecule has 2 N–H and O–H groups in total. The molecule has 2 aromatic rings. The zero-order valence-corrected chi connectivity index (χ0v) is 12.9. The molecule has 0 saturated carbocycles. The van der Waals surface area contributed by atoms with Crippen molar-refractivity contribution >= 4 is 26.5 Å². The number of hydrogen-bond acceptors (Lipinski definition) is 7. The van der Waals surface area contributed by atoms with Gasteiger partial charge < -0.3 is 5.11 Å². The van der Waals surface area contributed by atoms with E-state index >= 15 is 0 Å². The van der Waals surface area contributed by atoms with Gasteiger partial charge in [0.05, 0.1) is 24.5 Å². The van der Waals surface area contributed by atoms with Gasteiger partial charge in [-0.25, -0.2) is 8.42 Å². The Morgan fingerprint density at radius 2 is 2.00 bits per heavy atom. The Kier molecular flexibility index (Phi) is 4.06. The van der Waals surface area contributed by atoms with Crippen molar-refractivity contribution in [3.8, 4) is 0 Å². The maximum Gasteiger partial charge on any atom is 0.267 e. The van der Waals surface area contributed by atoms with E-state index in [0.29, 0.717) is 16.4 Å². The molecule has 0 amide bonds. The Bertz CT molecular complexity index is 719. The third kappa shape index (κ3) is 2.81. The molecule has 0 aliphatic rings. The summed E-state index contributed by atoms with van der Waals surface area (Å²) in [5.74, 6) is 0. The molecule has 8 nitrogen and oxygen atoms in total. The molecule has 0 unspecified atom stereocenters. The van der Waals surface area contributed by atoms with E-state index in [9.17, 15) is 8.42 Å². The van der Waals surface area contributed by atoms with E-state index in [1.165, 1.54) is 4.68 Å². The minimum Gasteiger partial charge on any atom is -0.394 e. The fourth-order valence-corrected chi connectivity index (χ4v) is 4.12.